The molecule has 5 rings (SSSR count). The van der Waals surface area contributed by atoms with Crippen molar-refractivity contribution in [3.05, 3.63) is 53.2 Å². The first-order valence-electron chi connectivity index (χ1n) is 10.7. The minimum absolute atomic E-state index is 0.0949. The van der Waals surface area contributed by atoms with Crippen LogP contribution >= 0.6 is 11.3 Å². The van der Waals surface area contributed by atoms with Crippen LogP contribution < -0.4 is 4.74 Å². The van der Waals surface area contributed by atoms with Crippen LogP contribution in [-0.2, 0) is 9.47 Å². The summed E-state index contributed by atoms with van der Waals surface area (Å²) in [7, 11) is 3.24. The zero-order valence-electron chi connectivity index (χ0n) is 18.8. The molecule has 1 aromatic carbocycles. The van der Waals surface area contributed by atoms with Crippen molar-refractivity contribution in [2.45, 2.75) is 19.1 Å². The van der Waals surface area contributed by atoms with Crippen LogP contribution in [0, 0.1) is 6.92 Å². The number of rotatable bonds is 5. The molecule has 0 bridgehead atoms. The Balaban J connectivity index is 1.43. The second-order valence-corrected chi connectivity index (χ2v) is 9.17. The summed E-state index contributed by atoms with van der Waals surface area (Å²) in [5.41, 5.74) is 1.89. The normalized spacial score (nSPS) is 18.1. The molecule has 34 heavy (non-hydrogen) atoms. The summed E-state index contributed by atoms with van der Waals surface area (Å²) in [4.78, 5) is 31.4. The first-order valence-corrected chi connectivity index (χ1v) is 11.5. The van der Waals surface area contributed by atoms with Crippen molar-refractivity contribution in [2.75, 3.05) is 27.3 Å². The van der Waals surface area contributed by atoms with Gasteiger partial charge in [0, 0.05) is 50.7 Å². The summed E-state index contributed by atoms with van der Waals surface area (Å²) < 4.78 is 19.0. The number of carbonyl (C=O) groups excluding carboxylic acids is 1. The van der Waals surface area contributed by atoms with Crippen molar-refractivity contribution >= 4 is 44.5 Å². The molecule has 2 atom stereocenters. The zero-order chi connectivity index (χ0) is 24.0. The van der Waals surface area contributed by atoms with Crippen LogP contribution in [0.1, 0.15) is 15.4 Å². The van der Waals surface area contributed by atoms with Gasteiger partial charge in [-0.1, -0.05) is 0 Å². The Kier molecular flexibility index (Phi) is 5.72. The molecule has 0 saturated carbocycles. The molecule has 3 aromatic heterocycles. The molecule has 4 heterocycles. The molecule has 1 aliphatic rings. The number of nitrogens with zero attached hydrogens (tertiary/aromatic N) is 3. The Hall–Kier alpha value is -3.47. The standard InChI is InChI=1S/C24H23N3O6S/c1-13-8-14-9-15(4-5-17(14)27(13)24(29)30)33-18-6-7-25-16-10-21(34-22(16)18)23(28)26-11-19(31-2)20(12-26)32-3/h4-10,19-20H,11-12H2,1-3H3,(H,29,30)/t19-,20+. The first kappa shape index (κ1) is 22.3. The summed E-state index contributed by atoms with van der Waals surface area (Å²) in [6.07, 6.45) is 0.296. The maximum absolute atomic E-state index is 13.2. The van der Waals surface area contributed by atoms with E-state index < -0.39 is 6.09 Å². The van der Waals surface area contributed by atoms with E-state index in [1.807, 2.05) is 0 Å². The van der Waals surface area contributed by atoms with Crippen LogP contribution in [0.15, 0.2) is 42.6 Å². The van der Waals surface area contributed by atoms with Crippen molar-refractivity contribution in [3.63, 3.8) is 0 Å². The fourth-order valence-corrected chi connectivity index (χ4v) is 5.43. The Bertz CT molecular complexity index is 1400. The lowest BCUT2D eigenvalue weighted by molar-refractivity contribution is -0.00461. The van der Waals surface area contributed by atoms with Crippen LogP contribution in [0.3, 0.4) is 0 Å². The third-order valence-corrected chi connectivity index (χ3v) is 7.20. The van der Waals surface area contributed by atoms with Gasteiger partial charge in [-0.25, -0.2) is 4.79 Å². The number of benzene rings is 1. The van der Waals surface area contributed by atoms with Crippen molar-refractivity contribution in [3.8, 4) is 11.5 Å². The molecule has 9 nitrogen and oxygen atoms in total. The van der Waals surface area contributed by atoms with Crippen LogP contribution in [-0.4, -0.2) is 71.1 Å². The summed E-state index contributed by atoms with van der Waals surface area (Å²) in [6.45, 7) is 2.68. The van der Waals surface area contributed by atoms with Crippen LogP contribution in [0.2, 0.25) is 0 Å². The number of amides is 1. The fraction of sp³-hybridized carbons (Fsp3) is 0.292. The van der Waals surface area contributed by atoms with E-state index in [-0.39, 0.29) is 18.1 Å². The highest BCUT2D eigenvalue weighted by molar-refractivity contribution is 7.21. The van der Waals surface area contributed by atoms with Crippen molar-refractivity contribution in [2.24, 2.45) is 0 Å². The third-order valence-electron chi connectivity index (χ3n) is 6.07. The maximum Gasteiger partial charge on any atom is 0.416 e. The van der Waals surface area contributed by atoms with E-state index in [0.717, 1.165) is 10.1 Å². The smallest absolute Gasteiger partial charge is 0.416 e. The van der Waals surface area contributed by atoms with Crippen LogP contribution in [0.4, 0.5) is 4.79 Å². The molecule has 10 heteroatoms. The lowest BCUT2D eigenvalue weighted by Gasteiger charge is -2.14. The molecule has 0 unspecified atom stereocenters. The molecule has 4 aromatic rings. The van der Waals surface area contributed by atoms with Gasteiger partial charge in [-0.15, -0.1) is 11.3 Å². The van der Waals surface area contributed by atoms with Gasteiger partial charge in [0.25, 0.3) is 5.91 Å². The van der Waals surface area contributed by atoms with Gasteiger partial charge >= 0.3 is 6.09 Å². The Labute approximate surface area is 199 Å². The van der Waals surface area contributed by atoms with Gasteiger partial charge in [0.15, 0.2) is 0 Å². The molecule has 176 valence electrons. The Morgan fingerprint density at radius 2 is 1.82 bits per heavy atom. The van der Waals surface area contributed by atoms with E-state index in [9.17, 15) is 14.7 Å². The first-order chi connectivity index (χ1) is 16.4. The predicted molar refractivity (Wildman–Crippen MR) is 127 cm³/mol. The third kappa shape index (κ3) is 3.79. The maximum atomic E-state index is 13.2. The summed E-state index contributed by atoms with van der Waals surface area (Å²) in [5.74, 6) is 1.05. The van der Waals surface area contributed by atoms with E-state index in [0.29, 0.717) is 46.2 Å². The minimum Gasteiger partial charge on any atom is -0.464 e. The monoisotopic (exact) mass is 481 g/mol. The topological polar surface area (TPSA) is 103 Å². The Morgan fingerprint density at radius 3 is 2.50 bits per heavy atom. The van der Waals surface area contributed by atoms with Gasteiger partial charge in [-0.2, -0.15) is 0 Å². The molecular formula is C24H23N3O6S. The average Bonchev–Trinajstić information content (AvgIpc) is 3.52. The van der Waals surface area contributed by atoms with Crippen LogP contribution in [0.25, 0.3) is 21.1 Å². The zero-order valence-corrected chi connectivity index (χ0v) is 19.7. The average molecular weight is 482 g/mol. The highest BCUT2D eigenvalue weighted by Gasteiger charge is 2.36. The molecule has 0 spiro atoms. The fourth-order valence-electron chi connectivity index (χ4n) is 4.39. The second-order valence-electron chi connectivity index (χ2n) is 8.12. The van der Waals surface area contributed by atoms with Crippen molar-refractivity contribution < 1.29 is 28.9 Å². The molecule has 1 saturated heterocycles. The number of hydrogen-bond donors (Lipinski definition) is 1. The lowest BCUT2D eigenvalue weighted by atomic mass is 10.2. The molecule has 1 amide bonds. The lowest BCUT2D eigenvalue weighted by Crippen LogP contribution is -2.29. The van der Waals surface area contributed by atoms with Gasteiger partial charge in [-0.05, 0) is 37.3 Å². The summed E-state index contributed by atoms with van der Waals surface area (Å²) >= 11 is 1.33. The SMILES string of the molecule is CO[C@H]1CN(C(=O)c2cc3nccc(Oc4ccc5c(c4)cc(C)n5C(=O)O)c3s2)C[C@H]1OC. The largest absolute Gasteiger partial charge is 0.464 e. The van der Waals surface area contributed by atoms with E-state index in [4.69, 9.17) is 14.2 Å². The van der Waals surface area contributed by atoms with Gasteiger partial charge in [0.1, 0.15) is 23.7 Å². The summed E-state index contributed by atoms with van der Waals surface area (Å²) in [5, 5.41) is 10.2. The van der Waals surface area contributed by atoms with E-state index >= 15 is 0 Å². The second kappa shape index (κ2) is 8.71. The number of fused-ring (bicyclic) bond motifs is 2. The minimum atomic E-state index is -1.03. The number of aromatic nitrogens is 2. The number of hydrogen-bond acceptors (Lipinski definition) is 7. The number of thiophene rings is 1. The number of methoxy groups -OCH3 is 2. The van der Waals surface area contributed by atoms with Crippen LogP contribution in [0.5, 0.6) is 11.5 Å². The molecule has 1 fully saturated rings. The van der Waals surface area contributed by atoms with E-state index in [1.54, 1.807) is 68.6 Å². The molecular weight excluding hydrogens is 458 g/mol. The number of pyridine rings is 1. The number of carbonyl (C=O) groups is 2. The number of aryl methyl sites for hydroxylation is 1. The van der Waals surface area contributed by atoms with Gasteiger partial charge in [0.2, 0.25) is 0 Å². The van der Waals surface area contributed by atoms with Crippen molar-refractivity contribution in [1.29, 1.82) is 0 Å². The van der Waals surface area contributed by atoms with Gasteiger partial charge < -0.3 is 24.2 Å². The molecule has 1 N–H and O–H groups in total. The highest BCUT2D eigenvalue weighted by atomic mass is 32.1. The quantitative estimate of drug-likeness (QED) is 0.452. The van der Waals surface area contributed by atoms with E-state index in [2.05, 4.69) is 4.98 Å². The highest BCUT2D eigenvalue weighted by Crippen LogP contribution is 2.36. The molecule has 1 aliphatic heterocycles. The van der Waals surface area contributed by atoms with Gasteiger partial charge in [0.05, 0.1) is 20.6 Å². The Morgan fingerprint density at radius 1 is 1.09 bits per heavy atom. The number of ether oxygens (including phenoxy) is 3. The predicted octanol–water partition coefficient (Wildman–Crippen LogP) is 4.36. The molecule has 0 aliphatic carbocycles. The number of likely N-dealkylation sites (tertiary alicyclic amines) is 1. The van der Waals surface area contributed by atoms with Gasteiger partial charge in [-0.3, -0.25) is 14.3 Å². The number of carboxylic acid groups (broad SMARTS) is 1. The summed E-state index contributed by atoms with van der Waals surface area (Å²) in [6, 6.07) is 10.6. The van der Waals surface area contributed by atoms with Crippen molar-refractivity contribution in [1.82, 2.24) is 14.5 Å². The van der Waals surface area contributed by atoms with E-state index in [1.165, 1.54) is 15.9 Å². The molecule has 0 radical (unpaired) electrons.